The third-order valence-electron chi connectivity index (χ3n) is 26.0. The van der Waals surface area contributed by atoms with Crippen LogP contribution in [0.25, 0.3) is 100 Å². The third-order valence-corrected chi connectivity index (χ3v) is 28.7. The molecule has 6 aromatic rings. The van der Waals surface area contributed by atoms with Gasteiger partial charge in [0.2, 0.25) is 16.1 Å². The van der Waals surface area contributed by atoms with Crippen molar-refractivity contribution in [2.24, 2.45) is 0 Å². The van der Waals surface area contributed by atoms with Crippen LogP contribution in [0.1, 0.15) is 159 Å². The van der Waals surface area contributed by atoms with Gasteiger partial charge in [0.1, 0.15) is 116 Å². The number of hydrogen-bond donors (Lipinski definition) is 3. The van der Waals surface area contributed by atoms with Gasteiger partial charge in [-0.3, -0.25) is 0 Å². The van der Waals surface area contributed by atoms with E-state index in [1.54, 1.807) is 39.0 Å². The molecule has 3 heterocycles. The van der Waals surface area contributed by atoms with Crippen molar-refractivity contribution in [3.63, 3.8) is 0 Å². The third kappa shape index (κ3) is 28.8. The lowest BCUT2D eigenvalue weighted by atomic mass is 9.92. The van der Waals surface area contributed by atoms with Gasteiger partial charge in [0.05, 0.1) is 52.7 Å². The van der Waals surface area contributed by atoms with E-state index in [1.165, 1.54) is 18.2 Å². The van der Waals surface area contributed by atoms with Crippen LogP contribution in [0.3, 0.4) is 0 Å². The molecule has 32 heteroatoms. The smallest absolute Gasteiger partial charge is 0.333 e. The Labute approximate surface area is 847 Å². The van der Waals surface area contributed by atoms with Crippen molar-refractivity contribution < 1.29 is 90.2 Å². The largest absolute Gasteiger partial charge is 0.744 e. The molecule has 3 N–H and O–H groups in total. The van der Waals surface area contributed by atoms with Crippen molar-refractivity contribution >= 4 is 98.2 Å². The van der Waals surface area contributed by atoms with E-state index in [-0.39, 0.29) is 52.6 Å². The summed E-state index contributed by atoms with van der Waals surface area (Å²) < 4.78 is 168. The minimum absolute atomic E-state index is 0.127. The van der Waals surface area contributed by atoms with Gasteiger partial charge in [0, 0.05) is 228 Å². The number of carbonyl (C=O) groups excluding carboxylic acids is 3. The van der Waals surface area contributed by atoms with Gasteiger partial charge in [-0.25, -0.2) is 53.4 Å². The summed E-state index contributed by atoms with van der Waals surface area (Å²) in [7, 11) is -14.5. The molecule has 0 amide bonds. The first-order valence-electron chi connectivity index (χ1n) is 50.1. The molecular weight excluding hydrogens is 1890 g/mol. The van der Waals surface area contributed by atoms with E-state index in [0.29, 0.717) is 171 Å². The van der Waals surface area contributed by atoms with Gasteiger partial charge in [-0.15, -0.1) is 0 Å². The Bertz CT molecular complexity index is 7050. The topological polar surface area (TPSA) is 363 Å². The fraction of sp³-hybridized carbons (Fsp3) is 0.411. The maximum Gasteiger partial charge on any atom is 0.333 e. The fourth-order valence-electron chi connectivity index (χ4n) is 18.2. The van der Waals surface area contributed by atoms with Crippen LogP contribution in [-0.2, 0) is 88.1 Å². The second-order valence-electron chi connectivity index (χ2n) is 35.6. The van der Waals surface area contributed by atoms with Crippen molar-refractivity contribution in [2.45, 2.75) is 189 Å². The predicted octanol–water partition coefficient (Wildman–Crippen LogP) is 17.1. The Morgan fingerprint density at radius 2 is 0.694 bits per heavy atom. The van der Waals surface area contributed by atoms with Gasteiger partial charge in [0.15, 0.2) is 0 Å². The highest BCUT2D eigenvalue weighted by molar-refractivity contribution is 7.86. The van der Waals surface area contributed by atoms with E-state index in [4.69, 9.17) is 36.9 Å². The number of carbonyl (C=O) groups is 3. The average molecular weight is 2030 g/mol. The standard InChI is InChI=1S/C38H49N3O7S.C38H47N3O6S.C36H45N3O7S/c1-7-40(8-2)29-14-17-31-34(24-29)48-35-25-30(41(9-3)10-4)15-18-32(35)37(31)33-16-13-28(23-36(33)49(43,44)45)26-39-19-11-20-46-21-12-22-47-38(42)27(5)6;1-7-40(8-2)28-14-19-31-34(22-28)47-35-23-29(41(9-3)10-4)15-20-32(35)37(31)33-18-11-26(21-36(33)48(43,44)45)24-39-27-12-16-30(17-13-27)46-38(42)25(5)6;1-7-38(8-2)27-12-15-29-32(22-27)46-33-23-28(39(9-3)10-4)13-16-30(33)35(29)31-14-11-26(21-34(31)47(41,42)43)24-37-17-18-44-19-20-45-36(40)25(5)6/h13-18,23-25,39H,5,7-12,19-22,26H2,1-4,6H3;11,14-15,18-23,27,30,39H,5,7-10,12-13,16-17,24H2,1-4,6H3;11-16,21-23,37H,5,7-10,17-20,24H2,1-4,6H3. The summed E-state index contributed by atoms with van der Waals surface area (Å²) in [5.41, 5.74) is 13.1. The number of esters is 3. The maximum atomic E-state index is 12.9. The zero-order valence-electron chi connectivity index (χ0n) is 85.9. The Hall–Kier alpha value is -12.1. The van der Waals surface area contributed by atoms with Crippen molar-refractivity contribution in [2.75, 3.05) is 146 Å². The second-order valence-corrected chi connectivity index (χ2v) is 39.6. The minimum Gasteiger partial charge on any atom is -0.744 e. The molecule has 0 saturated heterocycles. The van der Waals surface area contributed by atoms with Crippen molar-refractivity contribution in [3.05, 3.63) is 233 Å². The van der Waals surface area contributed by atoms with Crippen LogP contribution < -0.4 is 60.4 Å². The van der Waals surface area contributed by atoms with Crippen molar-refractivity contribution in [1.29, 1.82) is 0 Å². The molecule has 3 aliphatic heterocycles. The number of anilines is 3. The van der Waals surface area contributed by atoms with E-state index in [1.807, 2.05) is 127 Å². The van der Waals surface area contributed by atoms with Crippen LogP contribution in [0.4, 0.5) is 17.1 Å². The molecule has 0 aromatic heterocycles. The normalized spacial score (nSPS) is 13.3. The molecule has 0 radical (unpaired) electrons. The van der Waals surface area contributed by atoms with Gasteiger partial charge in [-0.1, -0.05) is 56.1 Å². The number of benzene rings is 9. The van der Waals surface area contributed by atoms with Crippen molar-refractivity contribution in [1.82, 2.24) is 29.7 Å². The summed E-state index contributed by atoms with van der Waals surface area (Å²) in [4.78, 5) is 40.6. The lowest BCUT2D eigenvalue weighted by molar-refractivity contribution is -0.146. The Kier molecular flexibility index (Phi) is 41.1. The summed E-state index contributed by atoms with van der Waals surface area (Å²) in [6.07, 6.45) is 4.30. The summed E-state index contributed by atoms with van der Waals surface area (Å²) in [5.74, 6) is 0.600. The molecular formula is C112H141N9O20S3. The highest BCUT2D eigenvalue weighted by Crippen LogP contribution is 2.48. The molecule has 1 fully saturated rings. The number of nitrogens with one attached hydrogen (secondary N) is 3. The van der Waals surface area contributed by atoms with Crippen LogP contribution in [0.5, 0.6) is 0 Å². The zero-order chi connectivity index (χ0) is 104. The highest BCUT2D eigenvalue weighted by atomic mass is 32.2. The van der Waals surface area contributed by atoms with E-state index in [0.717, 1.165) is 166 Å². The molecule has 7 aliphatic rings. The summed E-state index contributed by atoms with van der Waals surface area (Å²) in [5, 5.41) is 15.2. The summed E-state index contributed by atoms with van der Waals surface area (Å²) in [6.45, 7) is 54.8. The lowest BCUT2D eigenvalue weighted by Crippen LogP contribution is -2.35. The second kappa shape index (κ2) is 52.6. The molecule has 772 valence electrons. The van der Waals surface area contributed by atoms with Crippen LogP contribution in [0.15, 0.2) is 228 Å². The summed E-state index contributed by atoms with van der Waals surface area (Å²) >= 11 is 0. The van der Waals surface area contributed by atoms with E-state index in [2.05, 4.69) is 147 Å². The van der Waals surface area contributed by atoms with Crippen molar-refractivity contribution in [3.8, 4) is 67.4 Å². The fourth-order valence-corrected chi connectivity index (χ4v) is 20.4. The van der Waals surface area contributed by atoms with Gasteiger partial charge < -0.3 is 81.2 Å². The van der Waals surface area contributed by atoms with E-state index >= 15 is 0 Å². The number of rotatable bonds is 46. The van der Waals surface area contributed by atoms with Crippen LogP contribution in [-0.4, -0.2) is 200 Å². The average Bonchev–Trinajstić information content (AvgIpc) is 0.746. The van der Waals surface area contributed by atoms with Crippen LogP contribution in [0, 0.1) is 0 Å². The summed E-state index contributed by atoms with van der Waals surface area (Å²) in [6, 6.07) is 51.0. The van der Waals surface area contributed by atoms with E-state index in [9.17, 15) is 53.3 Å². The quantitative estimate of drug-likeness (QED) is 0.00607. The Morgan fingerprint density at radius 3 is 1.03 bits per heavy atom. The first-order valence-corrected chi connectivity index (χ1v) is 54.3. The Balaban J connectivity index is 0.000000206. The van der Waals surface area contributed by atoms with Crippen LogP contribution >= 0.6 is 0 Å². The molecule has 0 spiro atoms. The molecule has 0 unspecified atom stereocenters. The Morgan fingerprint density at radius 1 is 0.368 bits per heavy atom. The molecule has 0 bridgehead atoms. The zero-order valence-corrected chi connectivity index (χ0v) is 88.4. The number of fused-ring (bicyclic) bond motifs is 6. The number of hydrogen-bond acceptors (Lipinski definition) is 26. The molecule has 13 rings (SSSR count). The molecule has 144 heavy (non-hydrogen) atoms. The van der Waals surface area contributed by atoms with Gasteiger partial charge in [0.25, 0.3) is 0 Å². The molecule has 4 aliphatic carbocycles. The molecule has 1 saturated carbocycles. The monoisotopic (exact) mass is 2030 g/mol. The minimum atomic E-state index is -4.86. The number of nitrogens with zero attached hydrogens (tertiary/aromatic N) is 6. The SMILES string of the molecule is C=C(C)C(=O)OC1CCC(NCc2ccc(-c3c4ccc(=[N+](CC)CC)cc-4oc4cc(N(CC)CC)ccc34)c(S(=O)(=O)[O-])c2)CC1.C=C(C)C(=O)OCCCOCCCNCc1ccc(-c2c3ccc(=[N+](CC)CC)cc-3oc3cc(N(CC)CC)ccc23)c(S(=O)(=O)[O-])c1.C=C(C)C(=O)OCCOCCNCc1ccc(-c2c3ccc(=[N+](CC)CC)cc-3oc3cc(N(CC)CC)ccc23)c(S(=O)(=O)[O-])c1. The number of ether oxygens (including phenoxy) is 5. The van der Waals surface area contributed by atoms with Gasteiger partial charge in [-0.2, -0.15) is 0 Å². The van der Waals surface area contributed by atoms with Gasteiger partial charge >= 0.3 is 17.9 Å². The van der Waals surface area contributed by atoms with Gasteiger partial charge in [-0.05, 0) is 232 Å². The highest BCUT2D eigenvalue weighted by Gasteiger charge is 2.30. The predicted molar refractivity (Wildman–Crippen MR) is 568 cm³/mol. The first-order chi connectivity index (χ1) is 69.0. The maximum absolute atomic E-state index is 12.9. The molecule has 6 aromatic carbocycles. The lowest BCUT2D eigenvalue weighted by Gasteiger charge is -2.29. The van der Waals surface area contributed by atoms with E-state index < -0.39 is 42.3 Å². The molecule has 0 atom stereocenters. The molecule has 29 nitrogen and oxygen atoms in total. The van der Waals surface area contributed by atoms with Crippen LogP contribution in [0.2, 0.25) is 0 Å². The first kappa shape index (κ1) is 112.